The lowest BCUT2D eigenvalue weighted by Crippen LogP contribution is -2.43. The number of carbonyl (C=O) groups excluding carboxylic acids is 2. The number of carbonyl (C=O) groups is 2. The Bertz CT molecular complexity index is 1070. The first-order valence-electron chi connectivity index (χ1n) is 11.5. The molecular weight excluding hydrogens is 432 g/mol. The molecule has 3 aromatic rings. The molecule has 2 aromatic carbocycles. The molecular formula is C27H30N2O5. The van der Waals surface area contributed by atoms with E-state index in [2.05, 4.69) is 5.32 Å². The largest absolute Gasteiger partial charge is 0.497 e. The summed E-state index contributed by atoms with van der Waals surface area (Å²) < 4.78 is 15.8. The second kappa shape index (κ2) is 10.9. The van der Waals surface area contributed by atoms with Crippen LogP contribution in [-0.4, -0.2) is 44.0 Å². The van der Waals surface area contributed by atoms with E-state index in [4.69, 9.17) is 13.9 Å². The van der Waals surface area contributed by atoms with E-state index in [1.165, 1.54) is 6.26 Å². The van der Waals surface area contributed by atoms with Gasteiger partial charge in [-0.2, -0.15) is 0 Å². The molecule has 0 radical (unpaired) electrons. The molecule has 4 rings (SSSR count). The fourth-order valence-corrected chi connectivity index (χ4v) is 4.28. The highest BCUT2D eigenvalue weighted by Crippen LogP contribution is 2.25. The maximum absolute atomic E-state index is 13.2. The van der Waals surface area contributed by atoms with Crippen molar-refractivity contribution in [3.05, 3.63) is 83.8 Å². The fourth-order valence-electron chi connectivity index (χ4n) is 4.28. The first-order valence-corrected chi connectivity index (χ1v) is 11.5. The van der Waals surface area contributed by atoms with E-state index in [0.29, 0.717) is 38.1 Å². The quantitative estimate of drug-likeness (QED) is 0.541. The molecule has 7 nitrogen and oxygen atoms in total. The number of amides is 2. The van der Waals surface area contributed by atoms with Gasteiger partial charge in [0, 0.05) is 19.0 Å². The van der Waals surface area contributed by atoms with E-state index < -0.39 is 0 Å². The minimum atomic E-state index is -0.186. The minimum Gasteiger partial charge on any atom is -0.497 e. The molecule has 0 aliphatic carbocycles. The lowest BCUT2D eigenvalue weighted by molar-refractivity contribution is -0.127. The zero-order valence-corrected chi connectivity index (χ0v) is 19.5. The molecule has 2 amide bonds. The molecule has 1 aliphatic rings. The number of benzene rings is 2. The summed E-state index contributed by atoms with van der Waals surface area (Å²) in [7, 11) is 3.28. The second-order valence-electron chi connectivity index (χ2n) is 8.43. The summed E-state index contributed by atoms with van der Waals surface area (Å²) in [4.78, 5) is 27.5. The first-order chi connectivity index (χ1) is 16.6. The molecule has 1 atom stereocenters. The van der Waals surface area contributed by atoms with Crippen molar-refractivity contribution in [1.29, 1.82) is 0 Å². The third-order valence-electron chi connectivity index (χ3n) is 6.32. The molecule has 1 aromatic heterocycles. The topological polar surface area (TPSA) is 81.0 Å². The SMILES string of the molecule is COc1ccc(CC(NC(=O)C2CCN(C(=O)c3ccco3)CC2)c2ccc(OC)cc2)cc1. The number of piperidine rings is 1. The van der Waals surface area contributed by atoms with Crippen LogP contribution in [-0.2, 0) is 11.2 Å². The Hall–Kier alpha value is -3.74. The monoisotopic (exact) mass is 462 g/mol. The van der Waals surface area contributed by atoms with Crippen molar-refractivity contribution in [2.45, 2.75) is 25.3 Å². The van der Waals surface area contributed by atoms with Crippen LogP contribution in [0.1, 0.15) is 40.6 Å². The van der Waals surface area contributed by atoms with Crippen molar-refractivity contribution < 1.29 is 23.5 Å². The number of nitrogens with zero attached hydrogens (tertiary/aromatic N) is 1. The predicted octanol–water partition coefficient (Wildman–Crippen LogP) is 4.25. The van der Waals surface area contributed by atoms with E-state index in [9.17, 15) is 9.59 Å². The standard InChI is InChI=1S/C27H30N2O5/c1-32-22-9-5-19(6-10-22)18-24(20-7-11-23(33-2)12-8-20)28-26(30)21-13-15-29(16-14-21)27(31)25-4-3-17-34-25/h3-12,17,21,24H,13-16,18H2,1-2H3,(H,28,30). The van der Waals surface area contributed by atoms with Crippen molar-refractivity contribution in [3.63, 3.8) is 0 Å². The maximum atomic E-state index is 13.2. The van der Waals surface area contributed by atoms with Crippen LogP contribution in [0.5, 0.6) is 11.5 Å². The van der Waals surface area contributed by atoms with E-state index in [0.717, 1.165) is 22.6 Å². The van der Waals surface area contributed by atoms with Crippen molar-refractivity contribution in [2.24, 2.45) is 5.92 Å². The van der Waals surface area contributed by atoms with Crippen LogP contribution < -0.4 is 14.8 Å². The van der Waals surface area contributed by atoms with Crippen molar-refractivity contribution in [1.82, 2.24) is 10.2 Å². The molecule has 1 aliphatic heterocycles. The van der Waals surface area contributed by atoms with E-state index in [1.54, 1.807) is 31.3 Å². The first kappa shape index (κ1) is 23.4. The molecule has 0 spiro atoms. The van der Waals surface area contributed by atoms with Gasteiger partial charge in [0.05, 0.1) is 26.5 Å². The predicted molar refractivity (Wildman–Crippen MR) is 128 cm³/mol. The van der Waals surface area contributed by atoms with Crippen molar-refractivity contribution >= 4 is 11.8 Å². The van der Waals surface area contributed by atoms with Crippen molar-refractivity contribution in [2.75, 3.05) is 27.3 Å². The molecule has 178 valence electrons. The minimum absolute atomic E-state index is 0.0134. The molecule has 1 saturated heterocycles. The van der Waals surface area contributed by atoms with Crippen LogP contribution in [0.25, 0.3) is 0 Å². The van der Waals surface area contributed by atoms with E-state index in [-0.39, 0.29) is 23.8 Å². The molecule has 7 heteroatoms. The van der Waals surface area contributed by atoms with Gasteiger partial charge < -0.3 is 24.1 Å². The summed E-state index contributed by atoms with van der Waals surface area (Å²) in [6.07, 6.45) is 3.39. The zero-order valence-electron chi connectivity index (χ0n) is 19.5. The maximum Gasteiger partial charge on any atom is 0.289 e. The number of furan rings is 1. The number of methoxy groups -OCH3 is 2. The van der Waals surface area contributed by atoms with Crippen molar-refractivity contribution in [3.8, 4) is 11.5 Å². The summed E-state index contributed by atoms with van der Waals surface area (Å²) in [6, 6.07) is 18.8. The molecule has 0 saturated carbocycles. The van der Waals surface area contributed by atoms with Crippen LogP contribution in [0, 0.1) is 5.92 Å². The van der Waals surface area contributed by atoms with Gasteiger partial charge in [-0.15, -0.1) is 0 Å². The summed E-state index contributed by atoms with van der Waals surface area (Å²) in [6.45, 7) is 1.06. The Morgan fingerprint density at radius 3 is 2.15 bits per heavy atom. The third kappa shape index (κ3) is 5.60. The Morgan fingerprint density at radius 1 is 0.971 bits per heavy atom. The summed E-state index contributed by atoms with van der Waals surface area (Å²) in [5, 5.41) is 3.26. The number of rotatable bonds is 8. The summed E-state index contributed by atoms with van der Waals surface area (Å²) in [5.41, 5.74) is 2.11. The van der Waals surface area contributed by atoms with Crippen LogP contribution in [0.4, 0.5) is 0 Å². The van der Waals surface area contributed by atoms with Gasteiger partial charge in [-0.3, -0.25) is 9.59 Å². The second-order valence-corrected chi connectivity index (χ2v) is 8.43. The lowest BCUT2D eigenvalue weighted by atomic mass is 9.93. The Labute approximate surface area is 199 Å². The van der Waals surface area contributed by atoms with E-state index >= 15 is 0 Å². The fraction of sp³-hybridized carbons (Fsp3) is 0.333. The van der Waals surface area contributed by atoms with Crippen LogP contribution in [0.2, 0.25) is 0 Å². The van der Waals surface area contributed by atoms with Crippen LogP contribution in [0.15, 0.2) is 71.3 Å². The smallest absolute Gasteiger partial charge is 0.289 e. The van der Waals surface area contributed by atoms with Gasteiger partial charge >= 0.3 is 0 Å². The van der Waals surface area contributed by atoms with Gasteiger partial charge in [-0.1, -0.05) is 24.3 Å². The average Bonchev–Trinajstić information content (AvgIpc) is 3.43. The van der Waals surface area contributed by atoms with Gasteiger partial charge in [-0.25, -0.2) is 0 Å². The molecule has 2 heterocycles. The number of hydrogen-bond acceptors (Lipinski definition) is 5. The number of nitrogens with one attached hydrogen (secondary N) is 1. The van der Waals surface area contributed by atoms with Gasteiger partial charge in [0.25, 0.3) is 5.91 Å². The van der Waals surface area contributed by atoms with Crippen LogP contribution in [0.3, 0.4) is 0 Å². The number of ether oxygens (including phenoxy) is 2. The highest BCUT2D eigenvalue weighted by atomic mass is 16.5. The molecule has 0 bridgehead atoms. The average molecular weight is 463 g/mol. The highest BCUT2D eigenvalue weighted by Gasteiger charge is 2.30. The van der Waals surface area contributed by atoms with Crippen LogP contribution >= 0.6 is 0 Å². The molecule has 1 N–H and O–H groups in total. The lowest BCUT2D eigenvalue weighted by Gasteiger charge is -2.32. The molecule has 1 unspecified atom stereocenters. The van der Waals surface area contributed by atoms with Gasteiger partial charge in [0.15, 0.2) is 5.76 Å². The van der Waals surface area contributed by atoms with Gasteiger partial charge in [0.1, 0.15) is 11.5 Å². The molecule has 1 fully saturated rings. The summed E-state index contributed by atoms with van der Waals surface area (Å²) >= 11 is 0. The molecule has 34 heavy (non-hydrogen) atoms. The normalized spacial score (nSPS) is 14.9. The summed E-state index contributed by atoms with van der Waals surface area (Å²) in [5.74, 6) is 1.65. The van der Waals surface area contributed by atoms with Gasteiger partial charge in [-0.05, 0) is 66.8 Å². The Kier molecular flexibility index (Phi) is 7.52. The zero-order chi connectivity index (χ0) is 23.9. The highest BCUT2D eigenvalue weighted by molar-refractivity contribution is 5.91. The Balaban J connectivity index is 1.42. The van der Waals surface area contributed by atoms with E-state index in [1.807, 2.05) is 48.5 Å². The Morgan fingerprint density at radius 2 is 1.59 bits per heavy atom. The third-order valence-corrected chi connectivity index (χ3v) is 6.32. The van der Waals surface area contributed by atoms with Gasteiger partial charge in [0.2, 0.25) is 5.91 Å². The number of likely N-dealkylation sites (tertiary alicyclic amines) is 1. The number of hydrogen-bond donors (Lipinski definition) is 1.